The third-order valence-electron chi connectivity index (χ3n) is 6.11. The minimum Gasteiger partial charge on any atom is -0.334 e. The van der Waals surface area contributed by atoms with Gasteiger partial charge in [0.2, 0.25) is 11.8 Å². The van der Waals surface area contributed by atoms with Crippen LogP contribution in [0.15, 0.2) is 30.3 Å². The number of likely N-dealkylation sites (tertiary alicyclic amines) is 1. The lowest BCUT2D eigenvalue weighted by molar-refractivity contribution is -0.139. The minimum absolute atomic E-state index is 0.0483. The number of aromatic nitrogens is 2. The van der Waals surface area contributed by atoms with Gasteiger partial charge in [0.25, 0.3) is 0 Å². The molecular weight excluding hydrogens is 352 g/mol. The van der Waals surface area contributed by atoms with Gasteiger partial charge in [-0.25, -0.2) is 0 Å². The molecule has 28 heavy (non-hydrogen) atoms. The van der Waals surface area contributed by atoms with Crippen molar-refractivity contribution >= 4 is 11.8 Å². The van der Waals surface area contributed by atoms with Crippen molar-refractivity contribution < 1.29 is 9.59 Å². The average molecular weight is 380 g/mol. The van der Waals surface area contributed by atoms with E-state index in [1.807, 2.05) is 48.7 Å². The van der Waals surface area contributed by atoms with E-state index in [2.05, 4.69) is 17.2 Å². The zero-order valence-corrected chi connectivity index (χ0v) is 16.9. The zero-order chi connectivity index (χ0) is 19.8. The number of amides is 2. The zero-order valence-electron chi connectivity index (χ0n) is 16.9. The fourth-order valence-electron chi connectivity index (χ4n) is 4.15. The SMILES string of the molecule is Cc1nn(C)c(C)c1CN(C(=O)CN1C[C@@H](c2ccccc2)CC1=O)C1CC1. The Morgan fingerprint density at radius 3 is 2.54 bits per heavy atom. The van der Waals surface area contributed by atoms with E-state index in [4.69, 9.17) is 0 Å². The predicted molar refractivity (Wildman–Crippen MR) is 107 cm³/mol. The molecule has 4 rings (SSSR count). The van der Waals surface area contributed by atoms with Gasteiger partial charge in [0.1, 0.15) is 0 Å². The summed E-state index contributed by atoms with van der Waals surface area (Å²) < 4.78 is 1.87. The highest BCUT2D eigenvalue weighted by Crippen LogP contribution is 2.31. The van der Waals surface area contributed by atoms with Gasteiger partial charge >= 0.3 is 0 Å². The van der Waals surface area contributed by atoms with Crippen molar-refractivity contribution in [3.8, 4) is 0 Å². The van der Waals surface area contributed by atoms with Crippen molar-refractivity contribution in [2.24, 2.45) is 7.05 Å². The summed E-state index contributed by atoms with van der Waals surface area (Å²) in [5.41, 5.74) is 4.36. The maximum atomic E-state index is 13.1. The van der Waals surface area contributed by atoms with Gasteiger partial charge in [-0.1, -0.05) is 30.3 Å². The Labute approximate surface area is 166 Å². The summed E-state index contributed by atoms with van der Waals surface area (Å²) in [7, 11) is 1.93. The first-order chi connectivity index (χ1) is 13.4. The van der Waals surface area contributed by atoms with Crippen molar-refractivity contribution in [2.75, 3.05) is 13.1 Å². The molecule has 0 bridgehead atoms. The van der Waals surface area contributed by atoms with E-state index in [1.165, 1.54) is 5.56 Å². The molecule has 1 saturated carbocycles. The van der Waals surface area contributed by atoms with E-state index in [9.17, 15) is 9.59 Å². The van der Waals surface area contributed by atoms with Crippen molar-refractivity contribution in [2.45, 2.75) is 51.6 Å². The van der Waals surface area contributed by atoms with E-state index in [0.29, 0.717) is 25.6 Å². The second kappa shape index (κ2) is 7.41. The molecule has 6 nitrogen and oxygen atoms in total. The molecule has 0 N–H and O–H groups in total. The minimum atomic E-state index is 0.0483. The van der Waals surface area contributed by atoms with Gasteiger partial charge in [-0.15, -0.1) is 0 Å². The summed E-state index contributed by atoms with van der Waals surface area (Å²) in [6, 6.07) is 10.4. The maximum absolute atomic E-state index is 13.1. The number of carbonyl (C=O) groups excluding carboxylic acids is 2. The highest BCUT2D eigenvalue weighted by atomic mass is 16.2. The molecule has 1 aromatic heterocycles. The molecule has 2 aromatic rings. The molecule has 148 valence electrons. The molecule has 1 aliphatic carbocycles. The highest BCUT2D eigenvalue weighted by Gasteiger charge is 2.37. The van der Waals surface area contributed by atoms with Crippen LogP contribution in [-0.4, -0.2) is 50.5 Å². The van der Waals surface area contributed by atoms with Crippen LogP contribution in [0.25, 0.3) is 0 Å². The van der Waals surface area contributed by atoms with E-state index >= 15 is 0 Å². The largest absolute Gasteiger partial charge is 0.334 e. The Morgan fingerprint density at radius 2 is 1.93 bits per heavy atom. The van der Waals surface area contributed by atoms with E-state index in [-0.39, 0.29) is 24.3 Å². The number of benzene rings is 1. The Balaban J connectivity index is 1.44. The molecule has 6 heteroatoms. The third-order valence-corrected chi connectivity index (χ3v) is 6.11. The Kier molecular flexibility index (Phi) is 4.96. The van der Waals surface area contributed by atoms with E-state index in [1.54, 1.807) is 4.90 Å². The molecule has 1 atom stereocenters. The van der Waals surface area contributed by atoms with Gasteiger partial charge in [0.05, 0.1) is 12.2 Å². The highest BCUT2D eigenvalue weighted by molar-refractivity contribution is 5.87. The van der Waals surface area contributed by atoms with Gasteiger partial charge < -0.3 is 9.80 Å². The van der Waals surface area contributed by atoms with Crippen LogP contribution in [0, 0.1) is 13.8 Å². The fraction of sp³-hybridized carbons (Fsp3) is 0.500. The molecule has 0 unspecified atom stereocenters. The van der Waals surface area contributed by atoms with Gasteiger partial charge in [0, 0.05) is 49.8 Å². The normalized spacial score (nSPS) is 19.3. The van der Waals surface area contributed by atoms with Crippen molar-refractivity contribution in [1.82, 2.24) is 19.6 Å². The summed E-state index contributed by atoms with van der Waals surface area (Å²) in [5.74, 6) is 0.303. The lowest BCUT2D eigenvalue weighted by atomic mass is 9.99. The predicted octanol–water partition coefficient (Wildman–Crippen LogP) is 2.54. The second-order valence-electron chi connectivity index (χ2n) is 8.11. The number of nitrogens with zero attached hydrogens (tertiary/aromatic N) is 4. The van der Waals surface area contributed by atoms with Crippen LogP contribution in [0.3, 0.4) is 0 Å². The summed E-state index contributed by atoms with van der Waals surface area (Å²) in [6.07, 6.45) is 2.58. The van der Waals surface area contributed by atoms with E-state index in [0.717, 1.165) is 29.8 Å². The van der Waals surface area contributed by atoms with Gasteiger partial charge in [-0.3, -0.25) is 14.3 Å². The number of hydrogen-bond donors (Lipinski definition) is 0. The molecule has 2 fully saturated rings. The number of carbonyl (C=O) groups is 2. The second-order valence-corrected chi connectivity index (χ2v) is 8.11. The van der Waals surface area contributed by atoms with Crippen LogP contribution >= 0.6 is 0 Å². The first kappa shape index (κ1) is 18.7. The lowest BCUT2D eigenvalue weighted by Gasteiger charge is -2.26. The quantitative estimate of drug-likeness (QED) is 0.774. The smallest absolute Gasteiger partial charge is 0.242 e. The van der Waals surface area contributed by atoms with E-state index < -0.39 is 0 Å². The summed E-state index contributed by atoms with van der Waals surface area (Å²) in [6.45, 7) is 5.42. The molecule has 1 aromatic carbocycles. The maximum Gasteiger partial charge on any atom is 0.242 e. The summed E-state index contributed by atoms with van der Waals surface area (Å²) in [5, 5.41) is 4.48. The summed E-state index contributed by atoms with van der Waals surface area (Å²) in [4.78, 5) is 29.3. The number of rotatable bonds is 6. The Hall–Kier alpha value is -2.63. The Bertz CT molecular complexity index is 885. The average Bonchev–Trinajstić information content (AvgIpc) is 3.41. The standard InChI is InChI=1S/C22H28N4O2/c1-15-20(16(2)24(3)23-15)13-26(19-9-10-19)22(28)14-25-12-18(11-21(25)27)17-7-5-4-6-8-17/h4-8,18-19H,9-14H2,1-3H3/t18-/m0/s1. The lowest BCUT2D eigenvalue weighted by Crippen LogP contribution is -2.42. The van der Waals surface area contributed by atoms with Crippen molar-refractivity contribution in [1.29, 1.82) is 0 Å². The van der Waals surface area contributed by atoms with Crippen LogP contribution < -0.4 is 0 Å². The Morgan fingerprint density at radius 1 is 1.21 bits per heavy atom. The molecule has 1 aliphatic heterocycles. The first-order valence-electron chi connectivity index (χ1n) is 10.0. The van der Waals surface area contributed by atoms with Gasteiger partial charge in [0.15, 0.2) is 0 Å². The van der Waals surface area contributed by atoms with Crippen LogP contribution in [0.4, 0.5) is 0 Å². The fourth-order valence-corrected chi connectivity index (χ4v) is 4.15. The topological polar surface area (TPSA) is 58.4 Å². The first-order valence-corrected chi connectivity index (χ1v) is 10.0. The molecule has 1 saturated heterocycles. The monoisotopic (exact) mass is 380 g/mol. The molecule has 0 spiro atoms. The molecule has 0 radical (unpaired) electrons. The van der Waals surface area contributed by atoms with Gasteiger partial charge in [-0.05, 0) is 32.3 Å². The molecule has 2 heterocycles. The van der Waals surface area contributed by atoms with Crippen LogP contribution in [0.5, 0.6) is 0 Å². The molecule has 2 amide bonds. The van der Waals surface area contributed by atoms with Crippen LogP contribution in [0.2, 0.25) is 0 Å². The van der Waals surface area contributed by atoms with Crippen molar-refractivity contribution in [3.63, 3.8) is 0 Å². The summed E-state index contributed by atoms with van der Waals surface area (Å²) >= 11 is 0. The third kappa shape index (κ3) is 3.68. The van der Waals surface area contributed by atoms with Crippen LogP contribution in [0.1, 0.15) is 47.7 Å². The number of aryl methyl sites for hydroxylation is 2. The van der Waals surface area contributed by atoms with Crippen LogP contribution in [-0.2, 0) is 23.2 Å². The van der Waals surface area contributed by atoms with Crippen molar-refractivity contribution in [3.05, 3.63) is 52.8 Å². The number of hydrogen-bond acceptors (Lipinski definition) is 3. The molecular formula is C22H28N4O2. The van der Waals surface area contributed by atoms with Gasteiger partial charge in [-0.2, -0.15) is 5.10 Å². The molecule has 2 aliphatic rings.